The lowest BCUT2D eigenvalue weighted by Crippen LogP contribution is -2.66. The van der Waals surface area contributed by atoms with Gasteiger partial charge in [-0.3, -0.25) is 4.79 Å². The van der Waals surface area contributed by atoms with Crippen LogP contribution in [0.2, 0.25) is 5.04 Å². The van der Waals surface area contributed by atoms with Crippen molar-refractivity contribution < 1.29 is 13.6 Å². The molecule has 0 amide bonds. The molecule has 2 nitrogen and oxygen atoms in total. The van der Waals surface area contributed by atoms with Crippen LogP contribution in [-0.4, -0.2) is 26.9 Å². The van der Waals surface area contributed by atoms with Crippen molar-refractivity contribution in [3.8, 4) is 0 Å². The van der Waals surface area contributed by atoms with Gasteiger partial charge >= 0.3 is 0 Å². The summed E-state index contributed by atoms with van der Waals surface area (Å²) in [6, 6.07) is 20.5. The molecule has 132 valence electrons. The van der Waals surface area contributed by atoms with E-state index in [4.69, 9.17) is 4.43 Å². The number of hydrogen-bond acceptors (Lipinski definition) is 2. The highest BCUT2D eigenvalue weighted by atomic mass is 28.4. The van der Waals surface area contributed by atoms with E-state index in [1.165, 1.54) is 10.4 Å². The summed E-state index contributed by atoms with van der Waals surface area (Å²) in [4.78, 5) is 10.9. The summed E-state index contributed by atoms with van der Waals surface area (Å²) in [5, 5.41) is 2.21. The number of carbonyl (C=O) groups excluding carboxylic acids is 1. The molecule has 0 heterocycles. The number of carbonyl (C=O) groups is 1. The molecule has 0 spiro atoms. The van der Waals surface area contributed by atoms with Crippen LogP contribution >= 0.6 is 0 Å². The average molecular weight is 357 g/mol. The third kappa shape index (κ3) is 3.21. The van der Waals surface area contributed by atoms with E-state index in [0.29, 0.717) is 6.29 Å². The van der Waals surface area contributed by atoms with Gasteiger partial charge in [-0.1, -0.05) is 81.4 Å². The Labute approximate surface area is 150 Å². The fraction of sp³-hybridized carbons (Fsp3) is 0.381. The molecular formula is C21H25FO2Si. The van der Waals surface area contributed by atoms with Crippen molar-refractivity contribution in [2.75, 3.05) is 6.61 Å². The molecule has 0 saturated heterocycles. The van der Waals surface area contributed by atoms with Crippen molar-refractivity contribution in [2.45, 2.75) is 37.9 Å². The summed E-state index contributed by atoms with van der Waals surface area (Å²) in [5.41, 5.74) is -1.69. The van der Waals surface area contributed by atoms with Crippen LogP contribution in [0.15, 0.2) is 60.7 Å². The lowest BCUT2D eigenvalue weighted by Gasteiger charge is -2.43. The molecule has 2 atom stereocenters. The Balaban J connectivity index is 2.05. The van der Waals surface area contributed by atoms with Crippen LogP contribution in [0.1, 0.15) is 27.2 Å². The fourth-order valence-corrected chi connectivity index (χ4v) is 8.25. The Morgan fingerprint density at radius 1 is 1.08 bits per heavy atom. The first-order valence-corrected chi connectivity index (χ1v) is 10.6. The van der Waals surface area contributed by atoms with Gasteiger partial charge in [-0.05, 0) is 21.8 Å². The zero-order chi connectivity index (χ0) is 18.1. The molecule has 0 N–H and O–H groups in total. The number of alkyl halides is 1. The second-order valence-corrected chi connectivity index (χ2v) is 12.2. The maximum absolute atomic E-state index is 14.1. The van der Waals surface area contributed by atoms with Crippen molar-refractivity contribution in [3.05, 3.63) is 60.7 Å². The van der Waals surface area contributed by atoms with E-state index in [0.717, 1.165) is 0 Å². The molecule has 1 aliphatic carbocycles. The lowest BCUT2D eigenvalue weighted by molar-refractivity contribution is -0.113. The Kier molecular flexibility index (Phi) is 4.69. The fourth-order valence-electron chi connectivity index (χ4n) is 3.65. The van der Waals surface area contributed by atoms with Crippen molar-refractivity contribution in [1.29, 1.82) is 0 Å². The summed E-state index contributed by atoms with van der Waals surface area (Å²) >= 11 is 0. The molecule has 25 heavy (non-hydrogen) atoms. The summed E-state index contributed by atoms with van der Waals surface area (Å²) < 4.78 is 20.8. The highest BCUT2D eigenvalue weighted by molar-refractivity contribution is 6.99. The highest BCUT2D eigenvalue weighted by Crippen LogP contribution is 2.47. The predicted molar refractivity (Wildman–Crippen MR) is 102 cm³/mol. The highest BCUT2D eigenvalue weighted by Gasteiger charge is 2.58. The standard InChI is InChI=1S/C21H25FO2Si/c1-20(2,3)25(18-10-6-4-7-11-18,19-12-8-5-9-13-19)24-15-17-14-21(17,22)16-23/h4-13,16-17H,14-15H2,1-3H3. The summed E-state index contributed by atoms with van der Waals surface area (Å²) in [6.07, 6.45) is 0.709. The van der Waals surface area contributed by atoms with Crippen molar-refractivity contribution in [2.24, 2.45) is 5.92 Å². The molecule has 3 rings (SSSR count). The van der Waals surface area contributed by atoms with Crippen LogP contribution in [0.3, 0.4) is 0 Å². The number of halogens is 1. The molecule has 1 fully saturated rings. The normalized spacial score (nSPS) is 23.3. The molecule has 2 aromatic carbocycles. The maximum atomic E-state index is 14.1. The van der Waals surface area contributed by atoms with Gasteiger partial charge in [-0.2, -0.15) is 0 Å². The van der Waals surface area contributed by atoms with Crippen molar-refractivity contribution in [3.63, 3.8) is 0 Å². The third-order valence-electron chi connectivity index (χ3n) is 5.19. The first kappa shape index (κ1) is 18.0. The molecule has 0 aliphatic heterocycles. The second kappa shape index (κ2) is 6.50. The molecular weight excluding hydrogens is 331 g/mol. The van der Waals surface area contributed by atoms with E-state index >= 15 is 0 Å². The zero-order valence-corrected chi connectivity index (χ0v) is 16.0. The minimum atomic E-state index is -2.63. The van der Waals surface area contributed by atoms with Crippen LogP contribution in [-0.2, 0) is 9.22 Å². The number of benzene rings is 2. The van der Waals surface area contributed by atoms with E-state index < -0.39 is 14.0 Å². The molecule has 2 aromatic rings. The van der Waals surface area contributed by atoms with Gasteiger partial charge in [0.2, 0.25) is 0 Å². The monoisotopic (exact) mass is 356 g/mol. The Hall–Kier alpha value is -1.78. The molecule has 0 radical (unpaired) electrons. The first-order valence-electron chi connectivity index (χ1n) is 8.74. The van der Waals surface area contributed by atoms with Crippen LogP contribution in [0.25, 0.3) is 0 Å². The molecule has 1 saturated carbocycles. The van der Waals surface area contributed by atoms with Gasteiger partial charge < -0.3 is 4.43 Å². The van der Waals surface area contributed by atoms with Gasteiger partial charge in [-0.15, -0.1) is 0 Å². The van der Waals surface area contributed by atoms with Crippen LogP contribution < -0.4 is 10.4 Å². The summed E-state index contributed by atoms with van der Waals surface area (Å²) in [7, 11) is -2.63. The largest absolute Gasteiger partial charge is 0.407 e. The van der Waals surface area contributed by atoms with Gasteiger partial charge in [0.1, 0.15) is 0 Å². The van der Waals surface area contributed by atoms with E-state index in [1.807, 2.05) is 36.4 Å². The molecule has 4 heteroatoms. The van der Waals surface area contributed by atoms with Gasteiger partial charge in [0, 0.05) is 12.5 Å². The third-order valence-corrected chi connectivity index (χ3v) is 10.2. The summed E-state index contributed by atoms with van der Waals surface area (Å²) in [6.45, 7) is 6.85. The van der Waals surface area contributed by atoms with Crippen LogP contribution in [0.5, 0.6) is 0 Å². The lowest BCUT2D eigenvalue weighted by atomic mass is 10.2. The topological polar surface area (TPSA) is 26.3 Å². The Bertz CT molecular complexity index is 687. The van der Waals surface area contributed by atoms with E-state index in [9.17, 15) is 9.18 Å². The maximum Gasteiger partial charge on any atom is 0.261 e. The number of hydrogen-bond donors (Lipinski definition) is 0. The van der Waals surface area contributed by atoms with E-state index in [2.05, 4.69) is 45.0 Å². The average Bonchev–Trinajstić information content (AvgIpc) is 3.27. The van der Waals surface area contributed by atoms with E-state index in [1.54, 1.807) is 0 Å². The summed E-state index contributed by atoms with van der Waals surface area (Å²) in [5.74, 6) is -0.327. The van der Waals surface area contributed by atoms with Gasteiger partial charge in [0.05, 0.1) is 0 Å². The first-order chi connectivity index (χ1) is 11.8. The number of aldehydes is 1. The second-order valence-electron chi connectivity index (χ2n) is 7.92. The van der Waals surface area contributed by atoms with Crippen LogP contribution in [0.4, 0.5) is 4.39 Å². The van der Waals surface area contributed by atoms with Gasteiger partial charge in [0.25, 0.3) is 8.32 Å². The minimum absolute atomic E-state index is 0.134. The molecule has 0 aromatic heterocycles. The Morgan fingerprint density at radius 3 is 1.92 bits per heavy atom. The van der Waals surface area contributed by atoms with Crippen molar-refractivity contribution in [1.82, 2.24) is 0 Å². The van der Waals surface area contributed by atoms with Gasteiger partial charge in [0.15, 0.2) is 12.0 Å². The molecule has 1 aliphatic rings. The van der Waals surface area contributed by atoms with Crippen molar-refractivity contribution >= 4 is 25.0 Å². The van der Waals surface area contributed by atoms with Crippen LogP contribution in [0, 0.1) is 5.92 Å². The SMILES string of the molecule is CC(C)(C)[Si](OCC1CC1(F)C=O)(c1ccccc1)c1ccccc1. The molecule has 2 unspecified atom stereocenters. The number of rotatable bonds is 6. The smallest absolute Gasteiger partial charge is 0.261 e. The zero-order valence-electron chi connectivity index (χ0n) is 15.0. The molecule has 0 bridgehead atoms. The van der Waals surface area contributed by atoms with Gasteiger partial charge in [-0.25, -0.2) is 4.39 Å². The Morgan fingerprint density at radius 2 is 1.56 bits per heavy atom. The quantitative estimate of drug-likeness (QED) is 0.585. The minimum Gasteiger partial charge on any atom is -0.407 e. The predicted octanol–water partition coefficient (Wildman–Crippen LogP) is 3.49. The van der Waals surface area contributed by atoms with E-state index in [-0.39, 0.29) is 24.0 Å².